The molecule has 0 bridgehead atoms. The molecule has 1 fully saturated rings. The molecule has 3 nitrogen and oxygen atoms in total. The van der Waals surface area contributed by atoms with E-state index in [2.05, 4.69) is 83.2 Å². The largest absolute Gasteiger partial charge is 0.497 e. The number of fused-ring (bicyclic) bond motifs is 4. The van der Waals surface area contributed by atoms with Crippen molar-refractivity contribution in [2.45, 2.75) is 31.2 Å². The molecule has 1 aliphatic carbocycles. The summed E-state index contributed by atoms with van der Waals surface area (Å²) in [6.45, 7) is 3.21. The molecule has 2 aliphatic rings. The average molecular weight is 471 g/mol. The monoisotopic (exact) mass is 470 g/mol. The lowest BCUT2D eigenvalue weighted by Crippen LogP contribution is -2.53. The summed E-state index contributed by atoms with van der Waals surface area (Å²) >= 11 is 6.69. The Morgan fingerprint density at radius 1 is 1.03 bits per heavy atom. The summed E-state index contributed by atoms with van der Waals surface area (Å²) in [4.78, 5) is 2.65. The number of aryl methyl sites for hydroxylation is 1. The van der Waals surface area contributed by atoms with Gasteiger partial charge in [-0.05, 0) is 66.6 Å². The van der Waals surface area contributed by atoms with Crippen LogP contribution in [0.3, 0.4) is 0 Å². The minimum atomic E-state index is 0.101. The molecule has 0 saturated carbocycles. The van der Waals surface area contributed by atoms with Gasteiger partial charge in [-0.15, -0.1) is 0 Å². The van der Waals surface area contributed by atoms with Crippen LogP contribution in [0.2, 0.25) is 5.02 Å². The molecule has 0 amide bonds. The number of benzene rings is 3. The number of rotatable bonds is 4. The van der Waals surface area contributed by atoms with E-state index in [0.29, 0.717) is 5.92 Å². The summed E-state index contributed by atoms with van der Waals surface area (Å²) in [5.74, 6) is 1.48. The summed E-state index contributed by atoms with van der Waals surface area (Å²) in [7, 11) is 3.96. The molecule has 3 aromatic carbocycles. The molecule has 4 heteroatoms. The fraction of sp³-hybridized carbons (Fsp3) is 0.333. The van der Waals surface area contributed by atoms with Gasteiger partial charge in [-0.25, -0.2) is 0 Å². The van der Waals surface area contributed by atoms with E-state index in [1.807, 2.05) is 6.07 Å². The molecule has 2 atom stereocenters. The first-order valence-corrected chi connectivity index (χ1v) is 12.6. The number of aromatic nitrogens is 1. The zero-order valence-electron chi connectivity index (χ0n) is 19.9. The van der Waals surface area contributed by atoms with Crippen molar-refractivity contribution in [1.82, 2.24) is 9.47 Å². The van der Waals surface area contributed by atoms with Crippen LogP contribution in [0.4, 0.5) is 0 Å². The van der Waals surface area contributed by atoms with Gasteiger partial charge in [0.05, 0.1) is 17.6 Å². The highest BCUT2D eigenvalue weighted by molar-refractivity contribution is 6.35. The predicted molar refractivity (Wildman–Crippen MR) is 140 cm³/mol. The van der Waals surface area contributed by atoms with Gasteiger partial charge in [0.2, 0.25) is 0 Å². The van der Waals surface area contributed by atoms with Crippen molar-refractivity contribution in [1.29, 1.82) is 0 Å². The number of hydrogen-bond donors (Lipinski definition) is 0. The van der Waals surface area contributed by atoms with Crippen LogP contribution in [0, 0.1) is 5.92 Å². The third-order valence-electron chi connectivity index (χ3n) is 8.36. The standard InChI is InChI=1S/C30H31ClN2O/c1-32-28-18-30(22-10-6-11-24(16-22)34-2)14-15-33(19-21-8-4-3-5-9-21)20-23(30)17-26(28)25-12-7-13-27(31)29(25)32/h3-13,16,23H,14-15,17-20H2,1-2H3. The maximum atomic E-state index is 6.69. The van der Waals surface area contributed by atoms with Crippen LogP contribution in [0.15, 0.2) is 72.8 Å². The second-order valence-electron chi connectivity index (χ2n) is 10.1. The predicted octanol–water partition coefficient (Wildman–Crippen LogP) is 6.40. The van der Waals surface area contributed by atoms with Crippen LogP contribution in [-0.2, 0) is 31.8 Å². The lowest BCUT2D eigenvalue weighted by molar-refractivity contribution is 0.0758. The highest BCUT2D eigenvalue weighted by Gasteiger charge is 2.48. The first-order chi connectivity index (χ1) is 16.6. The normalized spacial score (nSPS) is 22.4. The van der Waals surface area contributed by atoms with E-state index >= 15 is 0 Å². The number of ether oxygens (including phenoxy) is 1. The average Bonchev–Trinajstić information content (AvgIpc) is 3.15. The minimum absolute atomic E-state index is 0.101. The van der Waals surface area contributed by atoms with Gasteiger partial charge in [-0.1, -0.05) is 66.2 Å². The maximum Gasteiger partial charge on any atom is 0.119 e. The molecule has 0 N–H and O–H groups in total. The number of hydrogen-bond acceptors (Lipinski definition) is 2. The first-order valence-electron chi connectivity index (χ1n) is 12.2. The summed E-state index contributed by atoms with van der Waals surface area (Å²) < 4.78 is 8.01. The number of halogens is 1. The quantitative estimate of drug-likeness (QED) is 0.343. The van der Waals surface area contributed by atoms with Crippen LogP contribution in [-0.4, -0.2) is 29.7 Å². The molecule has 6 rings (SSSR count). The van der Waals surface area contributed by atoms with E-state index < -0.39 is 0 Å². The molecular weight excluding hydrogens is 440 g/mol. The number of piperidine rings is 1. The summed E-state index contributed by atoms with van der Waals surface area (Å²) in [5.41, 5.74) is 7.02. The van der Waals surface area contributed by atoms with Gasteiger partial charge in [0.1, 0.15) is 5.75 Å². The lowest BCUT2D eigenvalue weighted by atomic mass is 9.58. The Morgan fingerprint density at radius 2 is 1.85 bits per heavy atom. The van der Waals surface area contributed by atoms with E-state index in [4.69, 9.17) is 16.3 Å². The lowest BCUT2D eigenvalue weighted by Gasteiger charge is -2.51. The fourth-order valence-electron chi connectivity index (χ4n) is 6.62. The Morgan fingerprint density at radius 3 is 2.68 bits per heavy atom. The van der Waals surface area contributed by atoms with Crippen molar-refractivity contribution in [3.8, 4) is 5.75 Å². The Labute approximate surface area is 206 Å². The van der Waals surface area contributed by atoms with E-state index in [1.165, 1.54) is 33.3 Å². The Bertz CT molecular complexity index is 1340. The molecule has 174 valence electrons. The van der Waals surface area contributed by atoms with E-state index in [0.717, 1.165) is 49.7 Å². The zero-order valence-corrected chi connectivity index (χ0v) is 20.7. The third-order valence-corrected chi connectivity index (χ3v) is 8.67. The Kier molecular flexibility index (Phi) is 5.43. The Balaban J connectivity index is 1.45. The summed E-state index contributed by atoms with van der Waals surface area (Å²) in [5, 5.41) is 2.17. The van der Waals surface area contributed by atoms with Gasteiger partial charge in [-0.3, -0.25) is 4.90 Å². The summed E-state index contributed by atoms with van der Waals surface area (Å²) in [6, 6.07) is 26.1. The molecule has 1 saturated heterocycles. The highest BCUT2D eigenvalue weighted by atomic mass is 35.5. The molecule has 1 aromatic heterocycles. The minimum Gasteiger partial charge on any atom is -0.497 e. The molecule has 2 heterocycles. The molecule has 0 radical (unpaired) electrons. The van der Waals surface area contributed by atoms with Gasteiger partial charge in [-0.2, -0.15) is 0 Å². The van der Waals surface area contributed by atoms with Crippen LogP contribution >= 0.6 is 11.6 Å². The fourth-order valence-corrected chi connectivity index (χ4v) is 6.92. The second-order valence-corrected chi connectivity index (χ2v) is 10.5. The van der Waals surface area contributed by atoms with Crippen molar-refractivity contribution >= 4 is 22.5 Å². The van der Waals surface area contributed by atoms with E-state index in [-0.39, 0.29) is 5.41 Å². The van der Waals surface area contributed by atoms with Crippen molar-refractivity contribution in [2.75, 3.05) is 20.2 Å². The molecule has 4 aromatic rings. The molecule has 0 spiro atoms. The SMILES string of the molecule is COc1cccc(C23CCN(Cc4ccccc4)CC2Cc2c(n(C)c4c(Cl)cccc24)C3)c1. The number of methoxy groups -OCH3 is 1. The van der Waals surface area contributed by atoms with Crippen LogP contribution in [0.1, 0.15) is 28.8 Å². The van der Waals surface area contributed by atoms with Crippen LogP contribution in [0.5, 0.6) is 5.75 Å². The molecule has 1 aliphatic heterocycles. The molecule has 34 heavy (non-hydrogen) atoms. The first kappa shape index (κ1) is 21.8. The zero-order chi connectivity index (χ0) is 23.3. The third kappa shape index (κ3) is 3.45. The number of para-hydroxylation sites is 1. The van der Waals surface area contributed by atoms with Crippen LogP contribution in [0.25, 0.3) is 10.9 Å². The van der Waals surface area contributed by atoms with Gasteiger partial charge < -0.3 is 9.30 Å². The molecular formula is C30H31ClN2O. The van der Waals surface area contributed by atoms with E-state index in [1.54, 1.807) is 7.11 Å². The summed E-state index contributed by atoms with van der Waals surface area (Å²) in [6.07, 6.45) is 3.27. The Hall–Kier alpha value is -2.75. The smallest absolute Gasteiger partial charge is 0.119 e. The number of likely N-dealkylation sites (tertiary alicyclic amines) is 1. The van der Waals surface area contributed by atoms with Gasteiger partial charge in [0.15, 0.2) is 0 Å². The topological polar surface area (TPSA) is 17.4 Å². The van der Waals surface area contributed by atoms with Gasteiger partial charge >= 0.3 is 0 Å². The second kappa shape index (κ2) is 8.48. The van der Waals surface area contributed by atoms with Crippen molar-refractivity contribution in [3.63, 3.8) is 0 Å². The van der Waals surface area contributed by atoms with E-state index in [9.17, 15) is 0 Å². The highest BCUT2D eigenvalue weighted by Crippen LogP contribution is 2.50. The van der Waals surface area contributed by atoms with Crippen LogP contribution < -0.4 is 4.74 Å². The number of nitrogens with zero attached hydrogens (tertiary/aromatic N) is 2. The van der Waals surface area contributed by atoms with Crippen molar-refractivity contribution in [3.05, 3.63) is 100 Å². The molecule has 2 unspecified atom stereocenters. The van der Waals surface area contributed by atoms with Crippen molar-refractivity contribution in [2.24, 2.45) is 13.0 Å². The van der Waals surface area contributed by atoms with Gasteiger partial charge in [0, 0.05) is 36.6 Å². The van der Waals surface area contributed by atoms with Gasteiger partial charge in [0.25, 0.3) is 0 Å². The van der Waals surface area contributed by atoms with Crippen molar-refractivity contribution < 1.29 is 4.74 Å². The maximum absolute atomic E-state index is 6.69.